The summed E-state index contributed by atoms with van der Waals surface area (Å²) in [6.45, 7) is 0.244. The van der Waals surface area contributed by atoms with Crippen LogP contribution < -0.4 is 9.47 Å². The summed E-state index contributed by atoms with van der Waals surface area (Å²) in [5, 5.41) is 16.5. The molecule has 1 aromatic carbocycles. The lowest BCUT2D eigenvalue weighted by Gasteiger charge is -2.09. The van der Waals surface area contributed by atoms with Gasteiger partial charge in [0.25, 0.3) is 0 Å². The zero-order valence-corrected chi connectivity index (χ0v) is 11.7. The molecule has 0 fully saturated rings. The Morgan fingerprint density at radius 2 is 2.29 bits per heavy atom. The minimum Gasteiger partial charge on any atom is -0.497 e. The Hall–Kier alpha value is -2.83. The second-order valence-corrected chi connectivity index (χ2v) is 4.25. The highest BCUT2D eigenvalue weighted by Gasteiger charge is 2.06. The number of benzene rings is 1. The van der Waals surface area contributed by atoms with Gasteiger partial charge in [-0.15, -0.1) is 5.10 Å². The predicted molar refractivity (Wildman–Crippen MR) is 75.0 cm³/mol. The normalized spacial score (nSPS) is 10.8. The van der Waals surface area contributed by atoms with Crippen LogP contribution in [-0.2, 0) is 18.4 Å². The average molecular weight is 289 g/mol. The number of carboxylic acids is 1. The Labute approximate surface area is 121 Å². The van der Waals surface area contributed by atoms with E-state index in [1.165, 1.54) is 6.08 Å². The third-order valence-corrected chi connectivity index (χ3v) is 2.65. The number of rotatable bonds is 6. The number of ether oxygens (including phenoxy) is 2. The molecule has 0 saturated heterocycles. The summed E-state index contributed by atoms with van der Waals surface area (Å²) in [5.74, 6) is 0.128. The SMILES string of the molecule is COc1ccc(OCc2cn(C)nn2)c(/C=C/C(=O)O)c1. The number of aromatic nitrogens is 3. The van der Waals surface area contributed by atoms with E-state index in [1.807, 2.05) is 0 Å². The summed E-state index contributed by atoms with van der Waals surface area (Å²) >= 11 is 0. The summed E-state index contributed by atoms with van der Waals surface area (Å²) in [5.41, 5.74) is 1.29. The van der Waals surface area contributed by atoms with Gasteiger partial charge < -0.3 is 14.6 Å². The number of hydrogen-bond donors (Lipinski definition) is 1. The van der Waals surface area contributed by atoms with Crippen molar-refractivity contribution in [3.05, 3.63) is 41.7 Å². The van der Waals surface area contributed by atoms with E-state index in [0.717, 1.165) is 6.08 Å². The van der Waals surface area contributed by atoms with Crippen molar-refractivity contribution in [2.24, 2.45) is 7.05 Å². The quantitative estimate of drug-likeness (QED) is 0.811. The zero-order valence-electron chi connectivity index (χ0n) is 11.7. The molecule has 110 valence electrons. The van der Waals surface area contributed by atoms with Crippen LogP contribution in [0.25, 0.3) is 6.08 Å². The van der Waals surface area contributed by atoms with Crippen LogP contribution in [0.4, 0.5) is 0 Å². The fourth-order valence-corrected chi connectivity index (χ4v) is 1.69. The Morgan fingerprint density at radius 1 is 1.48 bits per heavy atom. The van der Waals surface area contributed by atoms with Crippen molar-refractivity contribution in [1.29, 1.82) is 0 Å². The molecule has 0 saturated carbocycles. The van der Waals surface area contributed by atoms with Gasteiger partial charge in [0.15, 0.2) is 0 Å². The Bertz CT molecular complexity index is 664. The van der Waals surface area contributed by atoms with Crippen LogP contribution in [0.1, 0.15) is 11.3 Å². The fourth-order valence-electron chi connectivity index (χ4n) is 1.69. The third-order valence-electron chi connectivity index (χ3n) is 2.65. The largest absolute Gasteiger partial charge is 0.497 e. The highest BCUT2D eigenvalue weighted by atomic mass is 16.5. The van der Waals surface area contributed by atoms with Crippen molar-refractivity contribution >= 4 is 12.0 Å². The first-order valence-corrected chi connectivity index (χ1v) is 6.15. The maximum Gasteiger partial charge on any atom is 0.328 e. The molecule has 0 atom stereocenters. The van der Waals surface area contributed by atoms with Gasteiger partial charge in [-0.1, -0.05) is 5.21 Å². The van der Waals surface area contributed by atoms with Gasteiger partial charge in [-0.2, -0.15) is 0 Å². The topological polar surface area (TPSA) is 86.5 Å². The monoisotopic (exact) mass is 289 g/mol. The number of carbonyl (C=O) groups is 1. The van der Waals surface area contributed by atoms with Gasteiger partial charge in [0.1, 0.15) is 23.8 Å². The van der Waals surface area contributed by atoms with Crippen molar-refractivity contribution in [2.45, 2.75) is 6.61 Å². The highest BCUT2D eigenvalue weighted by Crippen LogP contribution is 2.26. The molecule has 0 aliphatic carbocycles. The van der Waals surface area contributed by atoms with Gasteiger partial charge in [0.05, 0.1) is 13.3 Å². The van der Waals surface area contributed by atoms with Crippen LogP contribution in [0.2, 0.25) is 0 Å². The minimum atomic E-state index is -1.03. The van der Waals surface area contributed by atoms with E-state index in [4.69, 9.17) is 14.6 Å². The lowest BCUT2D eigenvalue weighted by atomic mass is 10.1. The lowest BCUT2D eigenvalue weighted by Crippen LogP contribution is -1.98. The molecule has 1 N–H and O–H groups in total. The average Bonchev–Trinajstić information content (AvgIpc) is 2.88. The number of aliphatic carboxylic acids is 1. The second-order valence-electron chi connectivity index (χ2n) is 4.25. The Balaban J connectivity index is 2.18. The van der Waals surface area contributed by atoms with Crippen LogP contribution in [0.3, 0.4) is 0 Å². The molecule has 21 heavy (non-hydrogen) atoms. The summed E-state index contributed by atoms with van der Waals surface area (Å²) in [6, 6.07) is 5.16. The summed E-state index contributed by atoms with van der Waals surface area (Å²) in [7, 11) is 3.31. The van der Waals surface area contributed by atoms with E-state index in [0.29, 0.717) is 22.8 Å². The first-order valence-electron chi connectivity index (χ1n) is 6.15. The lowest BCUT2D eigenvalue weighted by molar-refractivity contribution is -0.131. The predicted octanol–water partition coefficient (Wildman–Crippen LogP) is 1.50. The second kappa shape index (κ2) is 6.56. The van der Waals surface area contributed by atoms with Gasteiger partial charge in [-0.05, 0) is 24.3 Å². The molecule has 0 unspecified atom stereocenters. The van der Waals surface area contributed by atoms with Gasteiger partial charge in [-0.25, -0.2) is 4.79 Å². The standard InChI is InChI=1S/C14H15N3O4/c1-17-8-11(15-16-17)9-21-13-5-4-12(20-2)7-10(13)3-6-14(18)19/h3-8H,9H2,1-2H3,(H,18,19)/b6-3+. The molecule has 7 heteroatoms. The Kier molecular flexibility index (Phi) is 4.55. The summed E-state index contributed by atoms with van der Waals surface area (Å²) in [6.07, 6.45) is 4.25. The minimum absolute atomic E-state index is 0.244. The molecule has 0 aliphatic rings. The van der Waals surface area contributed by atoms with Gasteiger partial charge in [0, 0.05) is 18.7 Å². The molecule has 0 amide bonds. The van der Waals surface area contributed by atoms with E-state index in [9.17, 15) is 4.79 Å². The summed E-state index contributed by atoms with van der Waals surface area (Å²) in [4.78, 5) is 10.6. The molecule has 2 aromatic rings. The van der Waals surface area contributed by atoms with Gasteiger partial charge >= 0.3 is 5.97 Å². The number of hydrogen-bond acceptors (Lipinski definition) is 5. The van der Waals surface area contributed by atoms with Crippen molar-refractivity contribution in [3.8, 4) is 11.5 Å². The van der Waals surface area contributed by atoms with Crippen LogP contribution >= 0.6 is 0 Å². The van der Waals surface area contributed by atoms with Crippen LogP contribution in [-0.4, -0.2) is 33.2 Å². The fraction of sp³-hybridized carbons (Fsp3) is 0.214. The number of carboxylic acid groups (broad SMARTS) is 1. The molecule has 0 radical (unpaired) electrons. The van der Waals surface area contributed by atoms with Crippen LogP contribution in [0.5, 0.6) is 11.5 Å². The first kappa shape index (κ1) is 14.6. The smallest absolute Gasteiger partial charge is 0.328 e. The van der Waals surface area contributed by atoms with Gasteiger partial charge in [0.2, 0.25) is 0 Å². The van der Waals surface area contributed by atoms with E-state index in [1.54, 1.807) is 43.2 Å². The molecule has 2 rings (SSSR count). The molecule has 0 spiro atoms. The molecule has 1 aromatic heterocycles. The molecular formula is C14H15N3O4. The molecule has 0 aliphatic heterocycles. The van der Waals surface area contributed by atoms with Crippen molar-refractivity contribution in [2.75, 3.05) is 7.11 Å². The number of nitrogens with zero attached hydrogens (tertiary/aromatic N) is 3. The molecule has 0 bridgehead atoms. The maximum atomic E-state index is 10.6. The first-order chi connectivity index (χ1) is 10.1. The summed E-state index contributed by atoms with van der Waals surface area (Å²) < 4.78 is 12.4. The maximum absolute atomic E-state index is 10.6. The molecule has 7 nitrogen and oxygen atoms in total. The molecular weight excluding hydrogens is 274 g/mol. The number of methoxy groups -OCH3 is 1. The van der Waals surface area contributed by atoms with Crippen LogP contribution in [0.15, 0.2) is 30.5 Å². The van der Waals surface area contributed by atoms with E-state index in [-0.39, 0.29) is 6.61 Å². The van der Waals surface area contributed by atoms with E-state index < -0.39 is 5.97 Å². The number of aryl methyl sites for hydroxylation is 1. The third kappa shape index (κ3) is 4.07. The van der Waals surface area contributed by atoms with E-state index >= 15 is 0 Å². The molecule has 1 heterocycles. The van der Waals surface area contributed by atoms with Crippen molar-refractivity contribution < 1.29 is 19.4 Å². The van der Waals surface area contributed by atoms with E-state index in [2.05, 4.69) is 10.3 Å². The zero-order chi connectivity index (χ0) is 15.2. The van der Waals surface area contributed by atoms with Crippen molar-refractivity contribution in [3.63, 3.8) is 0 Å². The Morgan fingerprint density at radius 3 is 2.90 bits per heavy atom. The van der Waals surface area contributed by atoms with Gasteiger partial charge in [-0.3, -0.25) is 4.68 Å². The van der Waals surface area contributed by atoms with Crippen LogP contribution in [0, 0.1) is 0 Å². The highest BCUT2D eigenvalue weighted by molar-refractivity contribution is 5.86. The van der Waals surface area contributed by atoms with Crippen molar-refractivity contribution in [1.82, 2.24) is 15.0 Å².